The topological polar surface area (TPSA) is 38.3 Å². The lowest BCUT2D eigenvalue weighted by Gasteiger charge is -2.07. The number of ether oxygens (including phenoxy) is 1. The third-order valence-corrected chi connectivity index (χ3v) is 4.11. The van der Waals surface area contributed by atoms with E-state index in [-0.39, 0.29) is 17.7 Å². The first-order valence-corrected chi connectivity index (χ1v) is 7.26. The number of carbonyl (C=O) groups is 1. The molecule has 1 N–H and O–H groups in total. The summed E-state index contributed by atoms with van der Waals surface area (Å²) in [4.78, 5) is 12.3. The van der Waals surface area contributed by atoms with Crippen LogP contribution in [0.2, 0.25) is 5.02 Å². The predicted octanol–water partition coefficient (Wildman–Crippen LogP) is 4.09. The van der Waals surface area contributed by atoms with E-state index in [1.807, 2.05) is 48.5 Å². The Balaban J connectivity index is 1.67. The monoisotopic (exact) mass is 301 g/mol. The molecule has 2 aromatic carbocycles. The molecule has 1 amide bonds. The van der Waals surface area contributed by atoms with Crippen LogP contribution in [0.25, 0.3) is 0 Å². The number of carbonyl (C=O) groups excluding carboxylic acids is 1. The zero-order valence-corrected chi connectivity index (χ0v) is 12.4. The summed E-state index contributed by atoms with van der Waals surface area (Å²) in [6.07, 6.45) is 0.847. The molecule has 3 rings (SSSR count). The lowest BCUT2D eigenvalue weighted by molar-refractivity contribution is -0.117. The lowest BCUT2D eigenvalue weighted by Crippen LogP contribution is -2.14. The second kappa shape index (κ2) is 5.78. The fourth-order valence-corrected chi connectivity index (χ4v) is 2.82. The first kappa shape index (κ1) is 14.0. The van der Waals surface area contributed by atoms with Crippen molar-refractivity contribution in [1.82, 2.24) is 0 Å². The number of anilines is 1. The van der Waals surface area contributed by atoms with Gasteiger partial charge in [-0.3, -0.25) is 4.79 Å². The average Bonchev–Trinajstić information content (AvgIpc) is 3.28. The molecule has 1 aliphatic carbocycles. The Morgan fingerprint density at radius 2 is 2.05 bits per heavy atom. The minimum atomic E-state index is -0.00361. The third-order valence-electron chi connectivity index (χ3n) is 3.77. The van der Waals surface area contributed by atoms with Gasteiger partial charge in [0.25, 0.3) is 0 Å². The average molecular weight is 302 g/mol. The summed E-state index contributed by atoms with van der Waals surface area (Å²) in [7, 11) is 1.61. The smallest absolute Gasteiger partial charge is 0.228 e. The highest BCUT2D eigenvalue weighted by Crippen LogP contribution is 2.50. The molecule has 4 heteroatoms. The zero-order valence-electron chi connectivity index (χ0n) is 11.7. The number of halogens is 1. The van der Waals surface area contributed by atoms with Crippen molar-refractivity contribution in [2.75, 3.05) is 12.4 Å². The van der Waals surface area contributed by atoms with E-state index in [0.717, 1.165) is 28.4 Å². The van der Waals surface area contributed by atoms with Gasteiger partial charge in [0.05, 0.1) is 7.11 Å². The summed E-state index contributed by atoms with van der Waals surface area (Å²) >= 11 is 6.18. The van der Waals surface area contributed by atoms with Gasteiger partial charge in [0.1, 0.15) is 5.75 Å². The Hall–Kier alpha value is -2.00. The van der Waals surface area contributed by atoms with E-state index in [9.17, 15) is 4.79 Å². The lowest BCUT2D eigenvalue weighted by atomic mass is 10.1. The van der Waals surface area contributed by atoms with Crippen molar-refractivity contribution in [2.45, 2.75) is 12.3 Å². The second-order valence-electron chi connectivity index (χ2n) is 5.19. The van der Waals surface area contributed by atoms with Gasteiger partial charge in [-0.05, 0) is 36.1 Å². The number of amides is 1. The number of methoxy groups -OCH3 is 1. The van der Waals surface area contributed by atoms with Crippen LogP contribution in [0.3, 0.4) is 0 Å². The zero-order chi connectivity index (χ0) is 14.8. The highest BCUT2D eigenvalue weighted by atomic mass is 35.5. The summed E-state index contributed by atoms with van der Waals surface area (Å²) in [6.45, 7) is 0. The van der Waals surface area contributed by atoms with E-state index in [0.29, 0.717) is 0 Å². The fourth-order valence-electron chi connectivity index (χ4n) is 2.54. The maximum absolute atomic E-state index is 12.3. The number of hydrogen-bond donors (Lipinski definition) is 1. The number of hydrogen-bond acceptors (Lipinski definition) is 2. The normalized spacial score (nSPS) is 19.9. The second-order valence-corrected chi connectivity index (χ2v) is 5.60. The Labute approximate surface area is 128 Å². The third kappa shape index (κ3) is 3.03. The number of benzene rings is 2. The summed E-state index contributed by atoms with van der Waals surface area (Å²) < 4.78 is 5.15. The Bertz CT molecular complexity index is 671. The van der Waals surface area contributed by atoms with Gasteiger partial charge in [-0.25, -0.2) is 0 Å². The van der Waals surface area contributed by atoms with Gasteiger partial charge < -0.3 is 10.1 Å². The van der Waals surface area contributed by atoms with Crippen LogP contribution in [0.1, 0.15) is 17.9 Å². The highest BCUT2D eigenvalue weighted by molar-refractivity contribution is 6.31. The van der Waals surface area contributed by atoms with Crippen molar-refractivity contribution in [3.8, 4) is 5.75 Å². The molecule has 1 saturated carbocycles. The molecule has 0 radical (unpaired) electrons. The van der Waals surface area contributed by atoms with Crippen LogP contribution in [-0.2, 0) is 4.79 Å². The van der Waals surface area contributed by atoms with Gasteiger partial charge in [0.15, 0.2) is 0 Å². The van der Waals surface area contributed by atoms with Crippen LogP contribution in [0.4, 0.5) is 5.69 Å². The molecule has 2 atom stereocenters. The molecule has 0 spiro atoms. The van der Waals surface area contributed by atoms with Crippen molar-refractivity contribution >= 4 is 23.2 Å². The highest BCUT2D eigenvalue weighted by Gasteiger charge is 2.44. The molecule has 0 heterocycles. The first-order chi connectivity index (χ1) is 10.2. The van der Waals surface area contributed by atoms with Crippen LogP contribution >= 0.6 is 11.6 Å². The van der Waals surface area contributed by atoms with Crippen LogP contribution in [0, 0.1) is 5.92 Å². The summed E-state index contributed by atoms with van der Waals surface area (Å²) in [5.74, 6) is 0.986. The van der Waals surface area contributed by atoms with Gasteiger partial charge >= 0.3 is 0 Å². The molecule has 0 aliphatic heterocycles. The van der Waals surface area contributed by atoms with Crippen LogP contribution in [0.5, 0.6) is 5.75 Å². The van der Waals surface area contributed by atoms with Gasteiger partial charge in [0, 0.05) is 22.7 Å². The van der Waals surface area contributed by atoms with Crippen molar-refractivity contribution in [2.24, 2.45) is 5.92 Å². The molecule has 1 aliphatic rings. The maximum atomic E-state index is 12.3. The molecule has 1 fully saturated rings. The molecule has 0 saturated heterocycles. The maximum Gasteiger partial charge on any atom is 0.228 e. The van der Waals surface area contributed by atoms with Crippen molar-refractivity contribution < 1.29 is 9.53 Å². The number of nitrogens with one attached hydrogen (secondary N) is 1. The van der Waals surface area contributed by atoms with E-state index in [4.69, 9.17) is 16.3 Å². The van der Waals surface area contributed by atoms with E-state index in [1.54, 1.807) is 7.11 Å². The van der Waals surface area contributed by atoms with Crippen molar-refractivity contribution in [3.05, 3.63) is 59.1 Å². The molecule has 2 aromatic rings. The first-order valence-electron chi connectivity index (χ1n) is 6.88. The molecule has 0 aromatic heterocycles. The minimum Gasteiger partial charge on any atom is -0.497 e. The molecular formula is C17H16ClNO2. The summed E-state index contributed by atoms with van der Waals surface area (Å²) in [5, 5.41) is 3.67. The Morgan fingerprint density at radius 1 is 1.24 bits per heavy atom. The van der Waals surface area contributed by atoms with Crippen LogP contribution < -0.4 is 10.1 Å². The van der Waals surface area contributed by atoms with Crippen LogP contribution in [-0.4, -0.2) is 13.0 Å². The molecule has 3 nitrogen and oxygen atoms in total. The van der Waals surface area contributed by atoms with E-state index in [2.05, 4.69) is 5.32 Å². The van der Waals surface area contributed by atoms with Crippen molar-refractivity contribution in [1.29, 1.82) is 0 Å². The molecule has 21 heavy (non-hydrogen) atoms. The van der Waals surface area contributed by atoms with Gasteiger partial charge in [0.2, 0.25) is 5.91 Å². The number of rotatable bonds is 4. The fraction of sp³-hybridized carbons (Fsp3) is 0.235. The van der Waals surface area contributed by atoms with E-state index < -0.39 is 0 Å². The molecule has 108 valence electrons. The van der Waals surface area contributed by atoms with Gasteiger partial charge in [-0.15, -0.1) is 0 Å². The van der Waals surface area contributed by atoms with E-state index >= 15 is 0 Å². The standard InChI is InChI=1S/C17H16ClNO2/c1-21-12-6-4-5-11(9-12)19-17(20)15-10-14(15)13-7-2-3-8-16(13)18/h2-9,14-15H,10H2,1H3,(H,19,20). The summed E-state index contributed by atoms with van der Waals surface area (Å²) in [6, 6.07) is 15.1. The summed E-state index contributed by atoms with van der Waals surface area (Å²) in [5.41, 5.74) is 1.81. The molecule has 0 bridgehead atoms. The Kier molecular flexibility index (Phi) is 3.84. The minimum absolute atomic E-state index is 0.00361. The quantitative estimate of drug-likeness (QED) is 0.923. The van der Waals surface area contributed by atoms with E-state index in [1.165, 1.54) is 0 Å². The van der Waals surface area contributed by atoms with Gasteiger partial charge in [-0.1, -0.05) is 35.9 Å². The molecular weight excluding hydrogens is 286 g/mol. The van der Waals surface area contributed by atoms with Crippen LogP contribution in [0.15, 0.2) is 48.5 Å². The van der Waals surface area contributed by atoms with Gasteiger partial charge in [-0.2, -0.15) is 0 Å². The van der Waals surface area contributed by atoms with Crippen molar-refractivity contribution in [3.63, 3.8) is 0 Å². The SMILES string of the molecule is COc1cccc(NC(=O)C2CC2c2ccccc2Cl)c1. The predicted molar refractivity (Wildman–Crippen MR) is 83.9 cm³/mol. The Morgan fingerprint density at radius 3 is 2.81 bits per heavy atom. The largest absolute Gasteiger partial charge is 0.497 e. The molecule has 2 unspecified atom stereocenters.